The van der Waals surface area contributed by atoms with Crippen molar-refractivity contribution in [3.63, 3.8) is 0 Å². The number of halogens is 1. The first-order chi connectivity index (χ1) is 13.1. The predicted molar refractivity (Wildman–Crippen MR) is 109 cm³/mol. The normalized spacial score (nSPS) is 16.0. The molecule has 3 N–H and O–H groups in total. The van der Waals surface area contributed by atoms with Crippen LogP contribution in [0.25, 0.3) is 0 Å². The quantitative estimate of drug-likeness (QED) is 0.627. The van der Waals surface area contributed by atoms with E-state index in [4.69, 9.17) is 4.74 Å². The lowest BCUT2D eigenvalue weighted by molar-refractivity contribution is -0.114. The molecule has 1 fully saturated rings. The highest BCUT2D eigenvalue weighted by molar-refractivity contribution is 9.10. The van der Waals surface area contributed by atoms with Crippen molar-refractivity contribution in [2.45, 2.75) is 18.9 Å². The minimum absolute atomic E-state index is 0.108. The Morgan fingerprint density at radius 3 is 2.67 bits per heavy atom. The monoisotopic (exact) mass is 431 g/mol. The van der Waals surface area contributed by atoms with Crippen LogP contribution < -0.4 is 16.0 Å². The van der Waals surface area contributed by atoms with Gasteiger partial charge in [-0.05, 0) is 55.3 Å². The highest BCUT2D eigenvalue weighted by Crippen LogP contribution is 2.15. The fourth-order valence-corrected chi connectivity index (χ4v) is 3.07. The van der Waals surface area contributed by atoms with Crippen LogP contribution >= 0.6 is 15.9 Å². The SMILES string of the molecule is O=C(CNc1cccc(C(=O)NCC2CCCO2)c1)Nc1ccc(Br)cc1. The maximum absolute atomic E-state index is 12.3. The molecule has 1 heterocycles. The maximum Gasteiger partial charge on any atom is 0.251 e. The van der Waals surface area contributed by atoms with Crippen molar-refractivity contribution < 1.29 is 14.3 Å². The molecule has 6 nitrogen and oxygen atoms in total. The summed E-state index contributed by atoms with van der Waals surface area (Å²) in [6, 6.07) is 14.5. The Morgan fingerprint density at radius 1 is 1.11 bits per heavy atom. The average Bonchev–Trinajstić information content (AvgIpc) is 3.20. The van der Waals surface area contributed by atoms with E-state index in [0.29, 0.717) is 17.8 Å². The Hall–Kier alpha value is -2.38. The number of amides is 2. The molecule has 1 aliphatic rings. The van der Waals surface area contributed by atoms with Crippen LogP contribution in [0.1, 0.15) is 23.2 Å². The van der Waals surface area contributed by atoms with Gasteiger partial charge in [0.15, 0.2) is 0 Å². The number of nitrogens with one attached hydrogen (secondary N) is 3. The molecule has 7 heteroatoms. The molecule has 0 spiro atoms. The molecular formula is C20H22BrN3O3. The minimum Gasteiger partial charge on any atom is -0.376 e. The van der Waals surface area contributed by atoms with E-state index in [2.05, 4.69) is 31.9 Å². The standard InChI is InChI=1S/C20H22BrN3O3/c21-15-6-8-16(9-7-15)24-19(25)13-22-17-4-1-3-14(11-17)20(26)23-12-18-5-2-10-27-18/h1,3-4,6-9,11,18,22H,2,5,10,12-13H2,(H,23,26)(H,24,25). The summed E-state index contributed by atoms with van der Waals surface area (Å²) < 4.78 is 6.46. The average molecular weight is 432 g/mol. The van der Waals surface area contributed by atoms with Gasteiger partial charge in [0.2, 0.25) is 5.91 Å². The molecule has 1 saturated heterocycles. The largest absolute Gasteiger partial charge is 0.376 e. The summed E-state index contributed by atoms with van der Waals surface area (Å²) in [5.41, 5.74) is 1.99. The summed E-state index contributed by atoms with van der Waals surface area (Å²) in [6.45, 7) is 1.39. The number of carbonyl (C=O) groups excluding carboxylic acids is 2. The molecule has 1 unspecified atom stereocenters. The highest BCUT2D eigenvalue weighted by Gasteiger charge is 2.16. The summed E-state index contributed by atoms with van der Waals surface area (Å²) in [7, 11) is 0. The van der Waals surface area contributed by atoms with Crippen molar-refractivity contribution in [1.82, 2.24) is 5.32 Å². The van der Waals surface area contributed by atoms with E-state index in [1.807, 2.05) is 30.3 Å². The number of carbonyl (C=O) groups is 2. The fourth-order valence-electron chi connectivity index (χ4n) is 2.81. The number of hydrogen-bond acceptors (Lipinski definition) is 4. The lowest BCUT2D eigenvalue weighted by Crippen LogP contribution is -2.31. The molecular weight excluding hydrogens is 410 g/mol. The number of ether oxygens (including phenoxy) is 1. The van der Waals surface area contributed by atoms with Crippen LogP contribution in [0.4, 0.5) is 11.4 Å². The van der Waals surface area contributed by atoms with Gasteiger partial charge in [0.1, 0.15) is 0 Å². The Labute approximate surface area is 166 Å². The van der Waals surface area contributed by atoms with Gasteiger partial charge in [-0.15, -0.1) is 0 Å². The first-order valence-corrected chi connectivity index (χ1v) is 9.68. The van der Waals surface area contributed by atoms with Gasteiger partial charge in [-0.2, -0.15) is 0 Å². The van der Waals surface area contributed by atoms with Crippen LogP contribution in [0, 0.1) is 0 Å². The van der Waals surface area contributed by atoms with Crippen LogP contribution in [0.3, 0.4) is 0 Å². The second kappa shape index (κ2) is 9.53. The molecule has 2 aromatic carbocycles. The number of anilines is 2. The molecule has 27 heavy (non-hydrogen) atoms. The smallest absolute Gasteiger partial charge is 0.251 e. The van der Waals surface area contributed by atoms with Gasteiger partial charge in [-0.3, -0.25) is 9.59 Å². The lowest BCUT2D eigenvalue weighted by atomic mass is 10.1. The molecule has 2 amide bonds. The number of rotatable bonds is 7. The third-order valence-corrected chi connectivity index (χ3v) is 4.75. The molecule has 1 aliphatic heterocycles. The van der Waals surface area contributed by atoms with E-state index < -0.39 is 0 Å². The van der Waals surface area contributed by atoms with Gasteiger partial charge in [-0.25, -0.2) is 0 Å². The summed E-state index contributed by atoms with van der Waals surface area (Å²) in [5.74, 6) is -0.306. The van der Waals surface area contributed by atoms with Gasteiger partial charge in [0.05, 0.1) is 12.6 Å². The fraction of sp³-hybridized carbons (Fsp3) is 0.300. The molecule has 2 aromatic rings. The number of hydrogen-bond donors (Lipinski definition) is 3. The van der Waals surface area contributed by atoms with E-state index in [1.165, 1.54) is 0 Å². The van der Waals surface area contributed by atoms with Crippen molar-refractivity contribution in [1.29, 1.82) is 0 Å². The van der Waals surface area contributed by atoms with Crippen LogP contribution in [-0.2, 0) is 9.53 Å². The molecule has 0 aliphatic carbocycles. The molecule has 0 radical (unpaired) electrons. The molecule has 142 valence electrons. The van der Waals surface area contributed by atoms with E-state index >= 15 is 0 Å². The summed E-state index contributed by atoms with van der Waals surface area (Å²) >= 11 is 3.36. The molecule has 0 saturated carbocycles. The first kappa shape index (κ1) is 19.4. The Bertz CT molecular complexity index is 789. The van der Waals surface area contributed by atoms with E-state index in [9.17, 15) is 9.59 Å². The second-order valence-electron chi connectivity index (χ2n) is 6.33. The van der Waals surface area contributed by atoms with Gasteiger partial charge >= 0.3 is 0 Å². The zero-order valence-electron chi connectivity index (χ0n) is 14.8. The highest BCUT2D eigenvalue weighted by atomic mass is 79.9. The third kappa shape index (κ3) is 6.08. The van der Waals surface area contributed by atoms with Crippen molar-refractivity contribution in [2.24, 2.45) is 0 Å². The van der Waals surface area contributed by atoms with E-state index in [1.54, 1.807) is 18.2 Å². The molecule has 0 bridgehead atoms. The zero-order valence-corrected chi connectivity index (χ0v) is 16.4. The Kier molecular flexibility index (Phi) is 6.84. The maximum atomic E-state index is 12.3. The minimum atomic E-state index is -0.162. The predicted octanol–water partition coefficient (Wildman–Crippen LogP) is 3.41. The van der Waals surface area contributed by atoms with Gasteiger partial charge < -0.3 is 20.7 Å². The van der Waals surface area contributed by atoms with Crippen LogP contribution in [-0.4, -0.2) is 37.6 Å². The van der Waals surface area contributed by atoms with Crippen LogP contribution in [0.2, 0.25) is 0 Å². The third-order valence-electron chi connectivity index (χ3n) is 4.22. The van der Waals surface area contributed by atoms with Crippen molar-refractivity contribution in [3.8, 4) is 0 Å². The molecule has 0 aromatic heterocycles. The van der Waals surface area contributed by atoms with E-state index in [-0.39, 0.29) is 24.5 Å². The lowest BCUT2D eigenvalue weighted by Gasteiger charge is -2.12. The summed E-state index contributed by atoms with van der Waals surface area (Å²) in [5, 5.41) is 8.75. The first-order valence-electron chi connectivity index (χ1n) is 8.89. The summed E-state index contributed by atoms with van der Waals surface area (Å²) in [6.07, 6.45) is 2.13. The van der Waals surface area contributed by atoms with Gasteiger partial charge in [-0.1, -0.05) is 22.0 Å². The second-order valence-corrected chi connectivity index (χ2v) is 7.25. The van der Waals surface area contributed by atoms with E-state index in [0.717, 1.165) is 29.6 Å². The van der Waals surface area contributed by atoms with Crippen LogP contribution in [0.5, 0.6) is 0 Å². The zero-order chi connectivity index (χ0) is 19.1. The Morgan fingerprint density at radius 2 is 1.93 bits per heavy atom. The summed E-state index contributed by atoms with van der Waals surface area (Å²) in [4.78, 5) is 24.3. The van der Waals surface area contributed by atoms with Crippen molar-refractivity contribution in [2.75, 3.05) is 30.3 Å². The number of benzene rings is 2. The molecule has 3 rings (SSSR count). The van der Waals surface area contributed by atoms with Crippen molar-refractivity contribution >= 4 is 39.1 Å². The van der Waals surface area contributed by atoms with Crippen LogP contribution in [0.15, 0.2) is 53.0 Å². The molecule has 1 atom stereocenters. The topological polar surface area (TPSA) is 79.5 Å². The Balaban J connectivity index is 1.48. The van der Waals surface area contributed by atoms with Crippen molar-refractivity contribution in [3.05, 3.63) is 58.6 Å². The van der Waals surface area contributed by atoms with Gasteiger partial charge in [0.25, 0.3) is 5.91 Å². The van der Waals surface area contributed by atoms with Gasteiger partial charge in [0, 0.05) is 34.6 Å².